The van der Waals surface area contributed by atoms with E-state index in [-0.39, 0.29) is 11.7 Å². The molecular weight excluding hydrogens is 378 g/mol. The molecular formula is C24H19N3O3. The molecule has 0 aliphatic rings. The molecule has 0 aliphatic carbocycles. The molecule has 0 saturated heterocycles. The Morgan fingerprint density at radius 2 is 1.80 bits per heavy atom. The minimum atomic E-state index is -0.340. The van der Waals surface area contributed by atoms with Gasteiger partial charge in [0.1, 0.15) is 0 Å². The van der Waals surface area contributed by atoms with Crippen LogP contribution in [-0.2, 0) is 0 Å². The molecule has 2 N–H and O–H groups in total. The van der Waals surface area contributed by atoms with Crippen LogP contribution in [0.15, 0.2) is 84.0 Å². The molecule has 0 spiro atoms. The van der Waals surface area contributed by atoms with Crippen molar-refractivity contribution in [3.8, 4) is 22.8 Å². The molecule has 0 unspecified atom stereocenters. The number of carbonyl (C=O) groups excluding carboxylic acids is 1. The van der Waals surface area contributed by atoms with Gasteiger partial charge in [-0.1, -0.05) is 48.5 Å². The Morgan fingerprint density at radius 1 is 1.03 bits per heavy atom. The average molecular weight is 397 g/mol. The zero-order valence-corrected chi connectivity index (χ0v) is 16.2. The summed E-state index contributed by atoms with van der Waals surface area (Å²) in [5.41, 5.74) is 6.11. The fourth-order valence-corrected chi connectivity index (χ4v) is 3.12. The molecule has 0 radical (unpaired) electrons. The molecule has 1 heterocycles. The van der Waals surface area contributed by atoms with Crippen molar-refractivity contribution in [2.24, 2.45) is 5.10 Å². The second-order valence-electron chi connectivity index (χ2n) is 6.57. The minimum absolute atomic E-state index is 0.0374. The third kappa shape index (κ3) is 3.98. The van der Waals surface area contributed by atoms with Crippen LogP contribution in [0, 0.1) is 0 Å². The summed E-state index contributed by atoms with van der Waals surface area (Å²) in [5, 5.41) is 14.5. The van der Waals surface area contributed by atoms with Crippen molar-refractivity contribution in [1.82, 2.24) is 10.4 Å². The van der Waals surface area contributed by atoms with Gasteiger partial charge in [-0.3, -0.25) is 4.79 Å². The molecule has 0 fully saturated rings. The first-order valence-corrected chi connectivity index (χ1v) is 9.31. The zero-order valence-electron chi connectivity index (χ0n) is 16.2. The van der Waals surface area contributed by atoms with E-state index in [9.17, 15) is 9.90 Å². The second-order valence-corrected chi connectivity index (χ2v) is 6.57. The van der Waals surface area contributed by atoms with Gasteiger partial charge in [0.05, 0.1) is 30.1 Å². The van der Waals surface area contributed by atoms with Crippen LogP contribution in [0.3, 0.4) is 0 Å². The molecule has 4 rings (SSSR count). The van der Waals surface area contributed by atoms with Crippen LogP contribution in [0.1, 0.15) is 15.9 Å². The Hall–Kier alpha value is -4.19. The average Bonchev–Trinajstić information content (AvgIpc) is 2.80. The monoisotopic (exact) mass is 397 g/mol. The van der Waals surface area contributed by atoms with Crippen molar-refractivity contribution in [2.45, 2.75) is 0 Å². The van der Waals surface area contributed by atoms with Gasteiger partial charge in [-0.25, -0.2) is 10.4 Å². The number of nitrogens with one attached hydrogen (secondary N) is 1. The van der Waals surface area contributed by atoms with Crippen LogP contribution in [0.5, 0.6) is 11.5 Å². The lowest BCUT2D eigenvalue weighted by Crippen LogP contribution is -2.18. The molecule has 6 nitrogen and oxygen atoms in total. The highest BCUT2D eigenvalue weighted by Crippen LogP contribution is 2.26. The third-order valence-electron chi connectivity index (χ3n) is 4.61. The van der Waals surface area contributed by atoms with Crippen LogP contribution < -0.4 is 10.2 Å². The van der Waals surface area contributed by atoms with Gasteiger partial charge in [0.2, 0.25) is 0 Å². The zero-order chi connectivity index (χ0) is 20.9. The molecule has 1 amide bonds. The first kappa shape index (κ1) is 19.1. The molecule has 0 saturated carbocycles. The number of methoxy groups -OCH3 is 1. The van der Waals surface area contributed by atoms with E-state index in [0.29, 0.717) is 22.6 Å². The maximum atomic E-state index is 12.9. The molecule has 0 atom stereocenters. The molecule has 4 aromatic rings. The molecule has 0 bridgehead atoms. The van der Waals surface area contributed by atoms with Gasteiger partial charge in [0.25, 0.3) is 5.91 Å². The highest BCUT2D eigenvalue weighted by Gasteiger charge is 2.13. The Labute approximate surface area is 173 Å². The number of rotatable bonds is 5. The number of para-hydroxylation sites is 1. The van der Waals surface area contributed by atoms with Crippen LogP contribution >= 0.6 is 0 Å². The van der Waals surface area contributed by atoms with Gasteiger partial charge in [0.15, 0.2) is 11.5 Å². The predicted molar refractivity (Wildman–Crippen MR) is 117 cm³/mol. The number of aromatic hydroxyl groups is 1. The van der Waals surface area contributed by atoms with E-state index < -0.39 is 0 Å². The number of carbonyl (C=O) groups is 1. The summed E-state index contributed by atoms with van der Waals surface area (Å²) in [5.74, 6) is 0.0288. The van der Waals surface area contributed by atoms with E-state index in [1.165, 1.54) is 19.4 Å². The Bertz CT molecular complexity index is 1240. The number of ether oxygens (including phenoxy) is 1. The van der Waals surface area contributed by atoms with Gasteiger partial charge >= 0.3 is 0 Å². The highest BCUT2D eigenvalue weighted by atomic mass is 16.5. The Balaban J connectivity index is 1.64. The number of fused-ring (bicyclic) bond motifs is 1. The number of phenolic OH excluding ortho intramolecular Hbond substituents is 1. The number of hydrogen-bond donors (Lipinski definition) is 2. The van der Waals surface area contributed by atoms with E-state index in [0.717, 1.165) is 16.5 Å². The molecule has 6 heteroatoms. The van der Waals surface area contributed by atoms with Gasteiger partial charge in [-0.05, 0) is 35.9 Å². The quantitative estimate of drug-likeness (QED) is 0.387. The van der Waals surface area contributed by atoms with Crippen LogP contribution in [-0.4, -0.2) is 29.3 Å². The van der Waals surface area contributed by atoms with Crippen LogP contribution in [0.25, 0.3) is 22.2 Å². The largest absolute Gasteiger partial charge is 0.504 e. The van der Waals surface area contributed by atoms with Crippen molar-refractivity contribution in [3.63, 3.8) is 0 Å². The summed E-state index contributed by atoms with van der Waals surface area (Å²) in [7, 11) is 1.47. The Kier molecular flexibility index (Phi) is 5.39. The summed E-state index contributed by atoms with van der Waals surface area (Å²) in [6.45, 7) is 0. The highest BCUT2D eigenvalue weighted by molar-refractivity contribution is 6.07. The van der Waals surface area contributed by atoms with Crippen molar-refractivity contribution in [2.75, 3.05) is 7.11 Å². The Morgan fingerprint density at radius 3 is 2.60 bits per heavy atom. The number of benzene rings is 3. The smallest absolute Gasteiger partial charge is 0.272 e. The summed E-state index contributed by atoms with van der Waals surface area (Å²) in [6, 6.07) is 23.8. The van der Waals surface area contributed by atoms with Crippen molar-refractivity contribution < 1.29 is 14.6 Å². The maximum Gasteiger partial charge on any atom is 0.272 e. The van der Waals surface area contributed by atoms with Crippen LogP contribution in [0.2, 0.25) is 0 Å². The first-order valence-electron chi connectivity index (χ1n) is 9.31. The van der Waals surface area contributed by atoms with Gasteiger partial charge in [-0.15, -0.1) is 0 Å². The molecule has 0 aliphatic heterocycles. The maximum absolute atomic E-state index is 12.9. The normalized spacial score (nSPS) is 11.0. The number of pyridine rings is 1. The fraction of sp³-hybridized carbons (Fsp3) is 0.0417. The van der Waals surface area contributed by atoms with E-state index in [1.54, 1.807) is 18.2 Å². The van der Waals surface area contributed by atoms with Gasteiger partial charge in [-0.2, -0.15) is 5.10 Å². The third-order valence-corrected chi connectivity index (χ3v) is 4.61. The first-order chi connectivity index (χ1) is 14.7. The van der Waals surface area contributed by atoms with E-state index in [1.807, 2.05) is 54.6 Å². The van der Waals surface area contributed by atoms with E-state index in [2.05, 4.69) is 15.5 Å². The molecule has 30 heavy (non-hydrogen) atoms. The SMILES string of the molecule is COc1cc(C=NNC(=O)c2cc(-c3ccccc3)nc3ccccc23)ccc1O. The number of phenols is 1. The summed E-state index contributed by atoms with van der Waals surface area (Å²) >= 11 is 0. The van der Waals surface area contributed by atoms with Gasteiger partial charge in [0, 0.05) is 10.9 Å². The number of hydrogen-bond acceptors (Lipinski definition) is 5. The van der Waals surface area contributed by atoms with Crippen molar-refractivity contribution in [1.29, 1.82) is 0 Å². The van der Waals surface area contributed by atoms with E-state index in [4.69, 9.17) is 4.74 Å². The van der Waals surface area contributed by atoms with E-state index >= 15 is 0 Å². The lowest BCUT2D eigenvalue weighted by molar-refractivity contribution is 0.0956. The number of aromatic nitrogens is 1. The number of nitrogens with zero attached hydrogens (tertiary/aromatic N) is 2. The predicted octanol–water partition coefficient (Wildman–Crippen LogP) is 4.38. The minimum Gasteiger partial charge on any atom is -0.504 e. The summed E-state index contributed by atoms with van der Waals surface area (Å²) in [4.78, 5) is 17.6. The summed E-state index contributed by atoms with van der Waals surface area (Å²) < 4.78 is 5.08. The fourth-order valence-electron chi connectivity index (χ4n) is 3.12. The topological polar surface area (TPSA) is 83.8 Å². The van der Waals surface area contributed by atoms with Crippen molar-refractivity contribution >= 4 is 23.0 Å². The second kappa shape index (κ2) is 8.45. The lowest BCUT2D eigenvalue weighted by atomic mass is 10.0. The van der Waals surface area contributed by atoms with Crippen molar-refractivity contribution in [3.05, 3.63) is 90.0 Å². The molecule has 148 valence electrons. The molecule has 3 aromatic carbocycles. The number of amides is 1. The summed E-state index contributed by atoms with van der Waals surface area (Å²) in [6.07, 6.45) is 1.49. The van der Waals surface area contributed by atoms with Gasteiger partial charge < -0.3 is 9.84 Å². The molecule has 1 aromatic heterocycles. The number of hydrazone groups is 1. The standard InChI is InChI=1S/C24H19N3O3/c1-30-23-13-16(11-12-22(23)28)15-25-27-24(29)19-14-21(17-7-3-2-4-8-17)26-20-10-6-5-9-18(19)20/h2-15,28H,1H3,(H,27,29). The van der Waals surface area contributed by atoms with Crippen LogP contribution in [0.4, 0.5) is 0 Å². The lowest BCUT2D eigenvalue weighted by Gasteiger charge is -2.09.